The Bertz CT molecular complexity index is 888. The van der Waals surface area contributed by atoms with Crippen molar-refractivity contribution in [1.29, 1.82) is 0 Å². The predicted octanol–water partition coefficient (Wildman–Crippen LogP) is 2.45. The molecule has 6 nitrogen and oxygen atoms in total. The first-order chi connectivity index (χ1) is 12.2. The van der Waals surface area contributed by atoms with Crippen LogP contribution in [0.2, 0.25) is 5.02 Å². The number of oxazole rings is 1. The number of fused-ring (bicyclic) bond motifs is 1. The molecule has 130 valence electrons. The predicted molar refractivity (Wildman–Crippen MR) is 100 cm³/mol. The van der Waals surface area contributed by atoms with Crippen molar-refractivity contribution in [2.24, 2.45) is 5.73 Å². The molecular weight excluding hydrogens is 338 g/mol. The highest BCUT2D eigenvalue weighted by Crippen LogP contribution is 2.30. The van der Waals surface area contributed by atoms with Crippen LogP contribution in [0.25, 0.3) is 22.2 Å². The van der Waals surface area contributed by atoms with Gasteiger partial charge in [-0.05, 0) is 18.2 Å². The average Bonchev–Trinajstić information content (AvgIpc) is 3.10. The van der Waals surface area contributed by atoms with Gasteiger partial charge in [0.1, 0.15) is 17.8 Å². The molecule has 1 saturated heterocycles. The number of anilines is 1. The second-order valence-electron chi connectivity index (χ2n) is 6.10. The molecule has 3 N–H and O–H groups in total. The monoisotopic (exact) mass is 357 g/mol. The van der Waals surface area contributed by atoms with Crippen LogP contribution >= 0.6 is 11.6 Å². The molecule has 1 aliphatic heterocycles. The van der Waals surface area contributed by atoms with E-state index in [2.05, 4.69) is 15.2 Å². The van der Waals surface area contributed by atoms with Gasteiger partial charge < -0.3 is 20.4 Å². The number of nitrogens with one attached hydrogen (secondary N) is 1. The van der Waals surface area contributed by atoms with E-state index in [-0.39, 0.29) is 0 Å². The minimum Gasteiger partial charge on any atom is -0.448 e. The van der Waals surface area contributed by atoms with E-state index in [4.69, 9.17) is 26.7 Å². The van der Waals surface area contributed by atoms with Gasteiger partial charge in [0.15, 0.2) is 5.89 Å². The topological polar surface area (TPSA) is 80.2 Å². The lowest BCUT2D eigenvalue weighted by Crippen LogP contribution is -2.44. The van der Waals surface area contributed by atoms with Crippen LogP contribution < -0.4 is 16.0 Å². The Labute approximate surface area is 151 Å². The summed E-state index contributed by atoms with van der Waals surface area (Å²) in [6.07, 6.45) is 2.30. The number of hydrogen-bond donors (Lipinski definition) is 2. The zero-order valence-electron chi connectivity index (χ0n) is 13.8. The third-order valence-electron chi connectivity index (χ3n) is 4.37. The van der Waals surface area contributed by atoms with Crippen LogP contribution in [0.1, 0.15) is 5.89 Å². The van der Waals surface area contributed by atoms with Crippen molar-refractivity contribution in [2.45, 2.75) is 6.42 Å². The standard InChI is InChI=1S/C18H20ClN5O/c19-14-10-13-9-12(16-11-25-17(22-16)3-4-20)1-2-15(13)23-18(14)24-7-5-21-6-8-24/h1-2,9-11,21H,3-8,20H2. The van der Waals surface area contributed by atoms with E-state index in [9.17, 15) is 0 Å². The van der Waals surface area contributed by atoms with Crippen LogP contribution in [-0.2, 0) is 6.42 Å². The molecule has 0 aliphatic carbocycles. The smallest absolute Gasteiger partial charge is 0.195 e. The molecule has 1 fully saturated rings. The van der Waals surface area contributed by atoms with Gasteiger partial charge in [-0.15, -0.1) is 0 Å². The molecule has 0 saturated carbocycles. The number of pyridine rings is 1. The van der Waals surface area contributed by atoms with E-state index in [1.54, 1.807) is 6.26 Å². The van der Waals surface area contributed by atoms with Crippen molar-refractivity contribution in [2.75, 3.05) is 37.6 Å². The summed E-state index contributed by atoms with van der Waals surface area (Å²) in [7, 11) is 0. The highest BCUT2D eigenvalue weighted by atomic mass is 35.5. The van der Waals surface area contributed by atoms with E-state index in [1.165, 1.54) is 0 Å². The Morgan fingerprint density at radius 3 is 2.84 bits per heavy atom. The summed E-state index contributed by atoms with van der Waals surface area (Å²) in [5, 5.41) is 5.01. The second kappa shape index (κ2) is 7.00. The van der Waals surface area contributed by atoms with Crippen LogP contribution in [0.3, 0.4) is 0 Å². The van der Waals surface area contributed by atoms with Gasteiger partial charge in [0, 0.05) is 50.1 Å². The molecule has 0 unspecified atom stereocenters. The van der Waals surface area contributed by atoms with Crippen molar-refractivity contribution in [1.82, 2.24) is 15.3 Å². The summed E-state index contributed by atoms with van der Waals surface area (Å²) in [6.45, 7) is 4.25. The molecule has 7 heteroatoms. The number of nitrogens with two attached hydrogens (primary N) is 1. The highest BCUT2D eigenvalue weighted by Gasteiger charge is 2.16. The minimum atomic E-state index is 0.520. The molecule has 0 atom stereocenters. The fourth-order valence-corrected chi connectivity index (χ4v) is 3.36. The van der Waals surface area contributed by atoms with Crippen LogP contribution in [-0.4, -0.2) is 42.7 Å². The molecule has 3 heterocycles. The molecule has 1 aromatic carbocycles. The van der Waals surface area contributed by atoms with Crippen molar-refractivity contribution in [3.05, 3.63) is 41.4 Å². The second-order valence-corrected chi connectivity index (χ2v) is 6.51. The number of rotatable bonds is 4. The van der Waals surface area contributed by atoms with Crippen LogP contribution in [0.5, 0.6) is 0 Å². The maximum absolute atomic E-state index is 6.51. The average molecular weight is 358 g/mol. The van der Waals surface area contributed by atoms with Crippen LogP contribution in [0.15, 0.2) is 34.9 Å². The fraction of sp³-hybridized carbons (Fsp3) is 0.333. The van der Waals surface area contributed by atoms with Gasteiger partial charge in [-0.3, -0.25) is 0 Å². The fourth-order valence-electron chi connectivity index (χ4n) is 3.08. The van der Waals surface area contributed by atoms with E-state index in [0.29, 0.717) is 23.9 Å². The molecule has 0 spiro atoms. The van der Waals surface area contributed by atoms with Crippen molar-refractivity contribution >= 4 is 28.3 Å². The summed E-state index contributed by atoms with van der Waals surface area (Å²) in [5.41, 5.74) is 8.25. The number of hydrogen-bond acceptors (Lipinski definition) is 6. The molecule has 25 heavy (non-hydrogen) atoms. The Balaban J connectivity index is 1.68. The quantitative estimate of drug-likeness (QED) is 0.746. The Morgan fingerprint density at radius 2 is 2.04 bits per heavy atom. The summed E-state index contributed by atoms with van der Waals surface area (Å²) < 4.78 is 5.45. The van der Waals surface area contributed by atoms with Gasteiger partial charge >= 0.3 is 0 Å². The lowest BCUT2D eigenvalue weighted by molar-refractivity contribution is 0.496. The maximum Gasteiger partial charge on any atom is 0.195 e. The zero-order chi connectivity index (χ0) is 17.2. The molecule has 2 aromatic heterocycles. The lowest BCUT2D eigenvalue weighted by Gasteiger charge is -2.29. The van der Waals surface area contributed by atoms with Gasteiger partial charge in [-0.25, -0.2) is 9.97 Å². The van der Waals surface area contributed by atoms with E-state index in [0.717, 1.165) is 54.2 Å². The maximum atomic E-state index is 6.51. The number of aromatic nitrogens is 2. The first-order valence-corrected chi connectivity index (χ1v) is 8.83. The molecule has 0 amide bonds. The first-order valence-electron chi connectivity index (χ1n) is 8.45. The zero-order valence-corrected chi connectivity index (χ0v) is 14.6. The van der Waals surface area contributed by atoms with Gasteiger partial charge in [0.25, 0.3) is 0 Å². The first kappa shape index (κ1) is 16.3. The summed E-state index contributed by atoms with van der Waals surface area (Å²) in [4.78, 5) is 11.5. The van der Waals surface area contributed by atoms with Crippen LogP contribution in [0, 0.1) is 0 Å². The van der Waals surface area contributed by atoms with Crippen LogP contribution in [0.4, 0.5) is 5.82 Å². The largest absolute Gasteiger partial charge is 0.448 e. The Morgan fingerprint density at radius 1 is 1.20 bits per heavy atom. The lowest BCUT2D eigenvalue weighted by atomic mass is 10.1. The van der Waals surface area contributed by atoms with Gasteiger partial charge in [0.2, 0.25) is 0 Å². The van der Waals surface area contributed by atoms with Gasteiger partial charge in [-0.2, -0.15) is 0 Å². The molecule has 4 rings (SSSR count). The summed E-state index contributed by atoms with van der Waals surface area (Å²) >= 11 is 6.51. The summed E-state index contributed by atoms with van der Waals surface area (Å²) in [6, 6.07) is 8.03. The Kier molecular flexibility index (Phi) is 4.57. The van der Waals surface area contributed by atoms with E-state index < -0.39 is 0 Å². The number of halogens is 1. The molecule has 1 aliphatic rings. The number of nitrogens with zero attached hydrogens (tertiary/aromatic N) is 3. The van der Waals surface area contributed by atoms with E-state index >= 15 is 0 Å². The molecule has 3 aromatic rings. The SMILES string of the molecule is NCCc1nc(-c2ccc3nc(N4CCNCC4)c(Cl)cc3c2)co1. The third-order valence-corrected chi connectivity index (χ3v) is 4.65. The van der Waals surface area contributed by atoms with E-state index in [1.807, 2.05) is 24.3 Å². The molecular formula is C18H20ClN5O. The molecule has 0 bridgehead atoms. The highest BCUT2D eigenvalue weighted by molar-refractivity contribution is 6.33. The number of piperazine rings is 1. The van der Waals surface area contributed by atoms with Gasteiger partial charge in [0.05, 0.1) is 10.5 Å². The Hall–Kier alpha value is -2.15. The normalized spacial score (nSPS) is 15.0. The number of benzene rings is 1. The third kappa shape index (κ3) is 3.33. The minimum absolute atomic E-state index is 0.520. The molecule has 0 radical (unpaired) electrons. The van der Waals surface area contributed by atoms with Crippen molar-refractivity contribution < 1.29 is 4.42 Å². The summed E-state index contributed by atoms with van der Waals surface area (Å²) in [5.74, 6) is 1.51. The van der Waals surface area contributed by atoms with Crippen molar-refractivity contribution in [3.8, 4) is 11.3 Å². The van der Waals surface area contributed by atoms with Crippen molar-refractivity contribution in [3.63, 3.8) is 0 Å². The van der Waals surface area contributed by atoms with Gasteiger partial charge in [-0.1, -0.05) is 17.7 Å².